The Kier molecular flexibility index (Phi) is 4.09. The third kappa shape index (κ3) is 3.00. The average molecular weight is 294 g/mol. The largest absolute Gasteiger partial charge is 0.380 e. The summed E-state index contributed by atoms with van der Waals surface area (Å²) < 4.78 is 0. The van der Waals surface area contributed by atoms with Gasteiger partial charge in [-0.1, -0.05) is 34.8 Å². The van der Waals surface area contributed by atoms with Crippen molar-refractivity contribution in [2.45, 2.75) is 25.4 Å². The average Bonchev–Trinajstić information content (AvgIpc) is 2.55. The van der Waals surface area contributed by atoms with E-state index in [1.54, 1.807) is 12.1 Å². The monoisotopic (exact) mass is 292 g/mol. The fourth-order valence-electron chi connectivity index (χ4n) is 2.15. The van der Waals surface area contributed by atoms with E-state index in [9.17, 15) is 0 Å². The lowest BCUT2D eigenvalue weighted by atomic mass is 10.2. The molecule has 2 nitrogen and oxygen atoms in total. The Balaban J connectivity index is 2.12. The molecule has 2 rings (SSSR count). The molecule has 1 heterocycles. The molecule has 0 spiro atoms. The first kappa shape index (κ1) is 13.3. The Morgan fingerprint density at radius 2 is 1.82 bits per heavy atom. The Hall–Kier alpha value is -0.150. The standard InChI is InChI=1S/C12H15Cl3N2/c1-7-3-8(6-17(7)2)16-12-5-10(14)9(13)4-11(12)15/h4-5,7-8,16H,3,6H2,1-2H3. The van der Waals surface area contributed by atoms with Gasteiger partial charge in [0.05, 0.1) is 20.8 Å². The highest BCUT2D eigenvalue weighted by Crippen LogP contribution is 2.33. The number of halogens is 3. The summed E-state index contributed by atoms with van der Waals surface area (Å²) in [7, 11) is 2.13. The first-order valence-corrected chi connectivity index (χ1v) is 6.72. The lowest BCUT2D eigenvalue weighted by Crippen LogP contribution is -2.24. The number of rotatable bonds is 2. The Morgan fingerprint density at radius 1 is 1.18 bits per heavy atom. The molecule has 0 amide bonds. The molecule has 1 aliphatic heterocycles. The van der Waals surface area contributed by atoms with Crippen molar-refractivity contribution in [2.24, 2.45) is 0 Å². The quantitative estimate of drug-likeness (QED) is 0.824. The number of likely N-dealkylation sites (tertiary alicyclic amines) is 1. The summed E-state index contributed by atoms with van der Waals surface area (Å²) >= 11 is 18.0. The second kappa shape index (κ2) is 5.23. The maximum atomic E-state index is 6.13. The van der Waals surface area contributed by atoms with E-state index in [2.05, 4.69) is 24.2 Å². The van der Waals surface area contributed by atoms with E-state index in [0.29, 0.717) is 27.2 Å². The highest BCUT2D eigenvalue weighted by molar-refractivity contribution is 6.44. The van der Waals surface area contributed by atoms with Gasteiger partial charge in [0.1, 0.15) is 0 Å². The number of hydrogen-bond acceptors (Lipinski definition) is 2. The molecule has 2 atom stereocenters. The summed E-state index contributed by atoms with van der Waals surface area (Å²) in [5, 5.41) is 5.05. The van der Waals surface area contributed by atoms with Crippen molar-refractivity contribution in [2.75, 3.05) is 18.9 Å². The SMILES string of the molecule is CC1CC(Nc2cc(Cl)c(Cl)cc2Cl)CN1C. The van der Waals surface area contributed by atoms with Crippen LogP contribution in [0.4, 0.5) is 5.69 Å². The number of nitrogens with one attached hydrogen (secondary N) is 1. The second-order valence-corrected chi connectivity index (χ2v) is 5.83. The topological polar surface area (TPSA) is 15.3 Å². The minimum absolute atomic E-state index is 0.407. The maximum Gasteiger partial charge on any atom is 0.0653 e. The van der Waals surface area contributed by atoms with Gasteiger partial charge in [-0.15, -0.1) is 0 Å². The summed E-state index contributed by atoms with van der Waals surface area (Å²) in [6.45, 7) is 3.23. The number of nitrogens with zero attached hydrogens (tertiary/aromatic N) is 1. The van der Waals surface area contributed by atoms with Crippen molar-refractivity contribution in [1.82, 2.24) is 4.90 Å². The van der Waals surface area contributed by atoms with Crippen molar-refractivity contribution in [3.05, 3.63) is 27.2 Å². The van der Waals surface area contributed by atoms with E-state index in [1.807, 2.05) is 0 Å². The normalized spacial score (nSPS) is 25.2. The number of anilines is 1. The molecule has 1 aromatic rings. The molecule has 0 bridgehead atoms. The first-order chi connectivity index (χ1) is 7.97. The van der Waals surface area contributed by atoms with Gasteiger partial charge in [-0.2, -0.15) is 0 Å². The van der Waals surface area contributed by atoms with Crippen LogP contribution < -0.4 is 5.32 Å². The van der Waals surface area contributed by atoms with Crippen molar-refractivity contribution in [3.8, 4) is 0 Å². The van der Waals surface area contributed by atoms with Crippen molar-refractivity contribution >= 4 is 40.5 Å². The van der Waals surface area contributed by atoms with Crippen LogP contribution in [-0.4, -0.2) is 30.6 Å². The van der Waals surface area contributed by atoms with Gasteiger partial charge in [0.2, 0.25) is 0 Å². The maximum absolute atomic E-state index is 6.13. The predicted octanol–water partition coefficient (Wildman–Crippen LogP) is 4.15. The molecule has 1 aromatic carbocycles. The second-order valence-electron chi connectivity index (χ2n) is 4.61. The Morgan fingerprint density at radius 3 is 2.41 bits per heavy atom. The molecule has 5 heteroatoms. The van der Waals surface area contributed by atoms with E-state index >= 15 is 0 Å². The van der Waals surface area contributed by atoms with E-state index in [0.717, 1.165) is 18.7 Å². The van der Waals surface area contributed by atoms with Gasteiger partial charge in [-0.05, 0) is 32.5 Å². The van der Waals surface area contributed by atoms with Crippen LogP contribution in [0.2, 0.25) is 15.1 Å². The molecule has 0 aliphatic carbocycles. The summed E-state index contributed by atoms with van der Waals surface area (Å²) in [6.07, 6.45) is 1.10. The van der Waals surface area contributed by atoms with Gasteiger partial charge in [0.25, 0.3) is 0 Å². The summed E-state index contributed by atoms with van der Waals surface area (Å²) in [4.78, 5) is 2.32. The molecule has 1 saturated heterocycles. The van der Waals surface area contributed by atoms with E-state index in [1.165, 1.54) is 0 Å². The third-order valence-electron chi connectivity index (χ3n) is 3.26. The highest BCUT2D eigenvalue weighted by atomic mass is 35.5. The summed E-state index contributed by atoms with van der Waals surface area (Å²) in [5.41, 5.74) is 0.855. The van der Waals surface area contributed by atoms with Gasteiger partial charge in [0.15, 0.2) is 0 Å². The minimum atomic E-state index is 0.407. The molecular formula is C12H15Cl3N2. The molecule has 2 unspecified atom stereocenters. The molecule has 94 valence electrons. The Labute approximate surface area is 117 Å². The summed E-state index contributed by atoms with van der Waals surface area (Å²) in [5.74, 6) is 0. The predicted molar refractivity (Wildman–Crippen MR) is 75.6 cm³/mol. The van der Waals surface area contributed by atoms with Crippen LogP contribution >= 0.6 is 34.8 Å². The van der Waals surface area contributed by atoms with Gasteiger partial charge < -0.3 is 10.2 Å². The van der Waals surface area contributed by atoms with Crippen LogP contribution in [0.15, 0.2) is 12.1 Å². The van der Waals surface area contributed by atoms with Crippen molar-refractivity contribution in [1.29, 1.82) is 0 Å². The molecule has 1 fully saturated rings. The molecule has 0 saturated carbocycles. The summed E-state index contributed by atoms with van der Waals surface area (Å²) in [6, 6.07) is 4.46. The zero-order valence-corrected chi connectivity index (χ0v) is 12.1. The highest BCUT2D eigenvalue weighted by Gasteiger charge is 2.26. The fourth-order valence-corrected chi connectivity index (χ4v) is 2.75. The molecular weight excluding hydrogens is 279 g/mol. The van der Waals surface area contributed by atoms with Crippen molar-refractivity contribution < 1.29 is 0 Å². The van der Waals surface area contributed by atoms with Crippen LogP contribution in [-0.2, 0) is 0 Å². The third-order valence-corrected chi connectivity index (χ3v) is 4.29. The zero-order valence-electron chi connectivity index (χ0n) is 9.80. The van der Waals surface area contributed by atoms with Gasteiger partial charge in [0, 0.05) is 18.6 Å². The fraction of sp³-hybridized carbons (Fsp3) is 0.500. The zero-order chi connectivity index (χ0) is 12.6. The number of benzene rings is 1. The molecule has 0 radical (unpaired) electrons. The smallest absolute Gasteiger partial charge is 0.0653 e. The minimum Gasteiger partial charge on any atom is -0.380 e. The molecule has 1 aliphatic rings. The van der Waals surface area contributed by atoms with E-state index in [-0.39, 0.29) is 0 Å². The van der Waals surface area contributed by atoms with Gasteiger partial charge >= 0.3 is 0 Å². The van der Waals surface area contributed by atoms with Crippen LogP contribution in [0.25, 0.3) is 0 Å². The number of likely N-dealkylation sites (N-methyl/N-ethyl adjacent to an activating group) is 1. The van der Waals surface area contributed by atoms with Gasteiger partial charge in [-0.25, -0.2) is 0 Å². The van der Waals surface area contributed by atoms with Crippen LogP contribution in [0.3, 0.4) is 0 Å². The lowest BCUT2D eigenvalue weighted by molar-refractivity contribution is 0.330. The van der Waals surface area contributed by atoms with Crippen LogP contribution in [0, 0.1) is 0 Å². The molecule has 1 N–H and O–H groups in total. The number of hydrogen-bond donors (Lipinski definition) is 1. The van der Waals surface area contributed by atoms with E-state index in [4.69, 9.17) is 34.8 Å². The van der Waals surface area contributed by atoms with Gasteiger partial charge in [-0.3, -0.25) is 0 Å². The van der Waals surface area contributed by atoms with Crippen molar-refractivity contribution in [3.63, 3.8) is 0 Å². The Bertz CT molecular complexity index is 412. The lowest BCUT2D eigenvalue weighted by Gasteiger charge is -2.16. The first-order valence-electron chi connectivity index (χ1n) is 5.58. The van der Waals surface area contributed by atoms with E-state index < -0.39 is 0 Å². The van der Waals surface area contributed by atoms with Crippen LogP contribution in [0.5, 0.6) is 0 Å². The molecule has 17 heavy (non-hydrogen) atoms. The molecule has 0 aromatic heterocycles. The van der Waals surface area contributed by atoms with Crippen LogP contribution in [0.1, 0.15) is 13.3 Å².